The van der Waals surface area contributed by atoms with Gasteiger partial charge in [0.1, 0.15) is 23.2 Å². The molecule has 0 amide bonds. The Kier molecular flexibility index (Phi) is 4.53. The van der Waals surface area contributed by atoms with E-state index >= 15 is 4.39 Å². The van der Waals surface area contributed by atoms with Gasteiger partial charge >= 0.3 is 0 Å². The van der Waals surface area contributed by atoms with Gasteiger partial charge in [-0.15, -0.1) is 0 Å². The summed E-state index contributed by atoms with van der Waals surface area (Å²) in [5.74, 6) is -0.506. The molecule has 136 valence electrons. The van der Waals surface area contributed by atoms with Crippen LogP contribution in [-0.2, 0) is 0 Å². The van der Waals surface area contributed by atoms with Crippen LogP contribution in [0.5, 0.6) is 0 Å². The molecule has 0 atom stereocenters. The Hall–Kier alpha value is -2.93. The summed E-state index contributed by atoms with van der Waals surface area (Å²) in [5, 5.41) is 2.97. The number of hydrogen-bond acceptors (Lipinski definition) is 5. The summed E-state index contributed by atoms with van der Waals surface area (Å²) >= 11 is 6.03. The second kappa shape index (κ2) is 7.00. The highest BCUT2D eigenvalue weighted by molar-refractivity contribution is 6.37. The van der Waals surface area contributed by atoms with Crippen LogP contribution >= 0.6 is 11.6 Å². The molecule has 27 heavy (non-hydrogen) atoms. The molecule has 0 unspecified atom stereocenters. The predicted molar refractivity (Wildman–Crippen MR) is 104 cm³/mol. The molecule has 0 saturated heterocycles. The van der Waals surface area contributed by atoms with Crippen LogP contribution in [0.3, 0.4) is 0 Å². The molecule has 3 aromatic rings. The van der Waals surface area contributed by atoms with Gasteiger partial charge < -0.3 is 5.32 Å². The Morgan fingerprint density at radius 2 is 1.89 bits per heavy atom. The van der Waals surface area contributed by atoms with Gasteiger partial charge in [0, 0.05) is 18.2 Å². The number of fused-ring (bicyclic) bond motifs is 1. The van der Waals surface area contributed by atoms with Gasteiger partial charge in [-0.1, -0.05) is 23.7 Å². The van der Waals surface area contributed by atoms with Gasteiger partial charge in [0.25, 0.3) is 0 Å². The molecule has 0 bridgehead atoms. The largest absolute Gasteiger partial charge is 0.372 e. The van der Waals surface area contributed by atoms with Crippen LogP contribution in [0, 0.1) is 11.6 Å². The van der Waals surface area contributed by atoms with E-state index in [4.69, 9.17) is 11.6 Å². The molecule has 8 heteroatoms. The quantitative estimate of drug-likeness (QED) is 0.737. The Morgan fingerprint density at radius 1 is 1.04 bits per heavy atom. The number of hydrogen-bond donors (Lipinski definition) is 1. The van der Waals surface area contributed by atoms with Crippen molar-refractivity contribution in [3.05, 3.63) is 52.8 Å². The normalized spacial score (nSPS) is 13.7. The average molecular weight is 386 g/mol. The lowest BCUT2D eigenvalue weighted by Crippen LogP contribution is -2.15. The molecular formula is C19H14ClF2N5. The molecule has 1 aliphatic rings. The third kappa shape index (κ3) is 3.04. The standard InChI is InChI=1S/C19H14ClF2N5/c1-23-19-15-13(26-18(27-19)14-9-24-7-8-25-14)6-5-11(17(15)22)10-3-2-4-12(21)16(10)20/h2-6,9H,7-8H2,1H3,(H,23,26,27). The summed E-state index contributed by atoms with van der Waals surface area (Å²) in [6.07, 6.45) is 1.61. The van der Waals surface area contributed by atoms with Crippen LogP contribution in [0.25, 0.3) is 22.0 Å². The van der Waals surface area contributed by atoms with E-state index in [0.717, 1.165) is 0 Å². The topological polar surface area (TPSA) is 62.5 Å². The zero-order valence-electron chi connectivity index (χ0n) is 14.3. The Labute approximate surface area is 158 Å². The fourth-order valence-corrected chi connectivity index (χ4v) is 3.18. The summed E-state index contributed by atoms with van der Waals surface area (Å²) in [7, 11) is 1.64. The zero-order valence-corrected chi connectivity index (χ0v) is 15.1. The molecule has 4 rings (SSSR count). The minimum atomic E-state index is -0.608. The van der Waals surface area contributed by atoms with Gasteiger partial charge in [0.15, 0.2) is 5.82 Å². The first-order chi connectivity index (χ1) is 13.1. The van der Waals surface area contributed by atoms with Crippen LogP contribution in [0.15, 0.2) is 40.3 Å². The fourth-order valence-electron chi connectivity index (χ4n) is 2.95. The summed E-state index contributed by atoms with van der Waals surface area (Å²) in [6, 6.07) is 7.47. The minimum Gasteiger partial charge on any atom is -0.372 e. The minimum absolute atomic E-state index is 0.132. The van der Waals surface area contributed by atoms with Crippen molar-refractivity contribution in [2.24, 2.45) is 9.98 Å². The SMILES string of the molecule is CNc1nc(C2=NCCN=C2)nc2ccc(-c3cccc(F)c3Cl)c(F)c12. The Balaban J connectivity index is 1.94. The second-order valence-corrected chi connectivity index (χ2v) is 6.25. The Morgan fingerprint density at radius 3 is 2.63 bits per heavy atom. The molecule has 1 aliphatic heterocycles. The van der Waals surface area contributed by atoms with E-state index in [2.05, 4.69) is 25.3 Å². The number of aliphatic imine (C=N–C) groups is 2. The van der Waals surface area contributed by atoms with Gasteiger partial charge in [-0.05, 0) is 18.2 Å². The zero-order chi connectivity index (χ0) is 19.0. The first-order valence-electron chi connectivity index (χ1n) is 8.27. The molecule has 0 saturated carbocycles. The van der Waals surface area contributed by atoms with Crippen LogP contribution < -0.4 is 5.32 Å². The highest BCUT2D eigenvalue weighted by atomic mass is 35.5. The predicted octanol–water partition coefficient (Wildman–Crippen LogP) is 4.14. The number of aromatic nitrogens is 2. The van der Waals surface area contributed by atoms with Crippen molar-refractivity contribution in [3.63, 3.8) is 0 Å². The first-order valence-corrected chi connectivity index (χ1v) is 8.65. The van der Waals surface area contributed by atoms with Gasteiger partial charge in [0.2, 0.25) is 0 Å². The molecule has 0 spiro atoms. The van der Waals surface area contributed by atoms with Crippen LogP contribution in [0.2, 0.25) is 5.02 Å². The maximum absolute atomic E-state index is 15.3. The number of nitrogens with one attached hydrogen (secondary N) is 1. The molecule has 1 N–H and O–H groups in total. The summed E-state index contributed by atoms with van der Waals surface area (Å²) < 4.78 is 29.1. The fraction of sp³-hybridized carbons (Fsp3) is 0.158. The van der Waals surface area contributed by atoms with Crippen LogP contribution in [0.1, 0.15) is 5.82 Å². The number of rotatable bonds is 3. The monoisotopic (exact) mass is 385 g/mol. The van der Waals surface area contributed by atoms with Crippen molar-refractivity contribution < 1.29 is 8.78 Å². The van der Waals surface area contributed by atoms with Crippen molar-refractivity contribution in [3.8, 4) is 11.1 Å². The maximum atomic E-state index is 15.3. The van der Waals surface area contributed by atoms with Gasteiger partial charge in [-0.2, -0.15) is 0 Å². The highest BCUT2D eigenvalue weighted by Crippen LogP contribution is 2.36. The van der Waals surface area contributed by atoms with E-state index in [1.807, 2.05) is 0 Å². The van der Waals surface area contributed by atoms with E-state index in [0.29, 0.717) is 36.0 Å². The van der Waals surface area contributed by atoms with Gasteiger partial charge in [-0.25, -0.2) is 18.7 Å². The van der Waals surface area contributed by atoms with Crippen LogP contribution in [0.4, 0.5) is 14.6 Å². The van der Waals surface area contributed by atoms with E-state index < -0.39 is 11.6 Å². The van der Waals surface area contributed by atoms with Crippen molar-refractivity contribution in [1.29, 1.82) is 0 Å². The average Bonchev–Trinajstić information content (AvgIpc) is 2.70. The van der Waals surface area contributed by atoms with E-state index in [1.165, 1.54) is 18.2 Å². The van der Waals surface area contributed by atoms with Crippen LogP contribution in [-0.4, -0.2) is 42.0 Å². The second-order valence-electron chi connectivity index (χ2n) is 5.87. The van der Waals surface area contributed by atoms with Crippen molar-refractivity contribution in [2.45, 2.75) is 0 Å². The number of benzene rings is 2. The molecule has 0 radical (unpaired) electrons. The van der Waals surface area contributed by atoms with Crippen molar-refractivity contribution in [2.75, 3.05) is 25.5 Å². The number of nitrogens with zero attached hydrogens (tertiary/aromatic N) is 4. The smallest absolute Gasteiger partial charge is 0.181 e. The van der Waals surface area contributed by atoms with Crippen molar-refractivity contribution >= 4 is 40.2 Å². The number of anilines is 1. The van der Waals surface area contributed by atoms with Gasteiger partial charge in [-0.3, -0.25) is 9.98 Å². The summed E-state index contributed by atoms with van der Waals surface area (Å²) in [4.78, 5) is 17.3. The molecule has 2 aromatic carbocycles. The lowest BCUT2D eigenvalue weighted by atomic mass is 10.0. The lowest BCUT2D eigenvalue weighted by molar-refractivity contribution is 0.627. The van der Waals surface area contributed by atoms with E-state index in [9.17, 15) is 4.39 Å². The number of halogens is 3. The molecule has 0 aliphatic carbocycles. The summed E-state index contributed by atoms with van der Waals surface area (Å²) in [5.41, 5.74) is 1.40. The van der Waals surface area contributed by atoms with Gasteiger partial charge in [0.05, 0.1) is 35.2 Å². The van der Waals surface area contributed by atoms with Crippen molar-refractivity contribution in [1.82, 2.24) is 9.97 Å². The maximum Gasteiger partial charge on any atom is 0.181 e. The third-order valence-corrected chi connectivity index (χ3v) is 4.62. The first kappa shape index (κ1) is 17.5. The third-order valence-electron chi connectivity index (χ3n) is 4.23. The lowest BCUT2D eigenvalue weighted by Gasteiger charge is -2.13. The molecular weight excluding hydrogens is 372 g/mol. The molecule has 0 fully saturated rings. The van der Waals surface area contributed by atoms with E-state index in [-0.39, 0.29) is 21.5 Å². The highest BCUT2D eigenvalue weighted by Gasteiger charge is 2.19. The molecule has 5 nitrogen and oxygen atoms in total. The molecule has 1 aromatic heterocycles. The Bertz CT molecular complexity index is 1110. The summed E-state index contributed by atoms with van der Waals surface area (Å²) in [6.45, 7) is 1.19. The molecule has 2 heterocycles. The van der Waals surface area contributed by atoms with E-state index in [1.54, 1.807) is 25.4 Å².